The Morgan fingerprint density at radius 2 is 1.92 bits per heavy atom. The summed E-state index contributed by atoms with van der Waals surface area (Å²) in [5.74, 6) is -0.518. The van der Waals surface area contributed by atoms with Crippen LogP contribution in [-0.4, -0.2) is 54.0 Å². The highest BCUT2D eigenvalue weighted by Crippen LogP contribution is 2.48. The second-order valence-corrected chi connectivity index (χ2v) is 9.24. The fraction of sp³-hybridized carbons (Fsp3) is 0.455. The zero-order valence-corrected chi connectivity index (χ0v) is 20.2. The lowest BCUT2D eigenvalue weighted by molar-refractivity contribution is -0.385. The van der Waals surface area contributed by atoms with Crippen molar-refractivity contribution in [2.45, 2.75) is 30.0 Å². The van der Waals surface area contributed by atoms with E-state index >= 15 is 0 Å². The molecule has 0 N–H and O–H groups in total. The third-order valence-electron chi connectivity index (χ3n) is 5.36. The van der Waals surface area contributed by atoms with Crippen molar-refractivity contribution in [3.05, 3.63) is 57.1 Å². The molecule has 3 rings (SSSR count). The largest absolute Gasteiger partial charge is 0.493 e. The molecular weight excluding hydrogens is 511 g/mol. The lowest BCUT2D eigenvalue weighted by atomic mass is 9.92. The molecular formula is C22H24F3NO9S. The van der Waals surface area contributed by atoms with Crippen molar-refractivity contribution in [3.63, 3.8) is 0 Å². The third kappa shape index (κ3) is 6.24. The molecule has 0 bridgehead atoms. The van der Waals surface area contributed by atoms with Crippen LogP contribution in [0.2, 0.25) is 0 Å². The van der Waals surface area contributed by atoms with Gasteiger partial charge in [0.05, 0.1) is 39.0 Å². The summed E-state index contributed by atoms with van der Waals surface area (Å²) in [7, 11) is -1.95. The van der Waals surface area contributed by atoms with E-state index in [1.165, 1.54) is 19.2 Å². The van der Waals surface area contributed by atoms with Gasteiger partial charge in [-0.3, -0.25) is 14.3 Å². The number of methoxy groups -OCH3 is 2. The Labute approximate surface area is 205 Å². The van der Waals surface area contributed by atoms with Gasteiger partial charge in [0.2, 0.25) is 0 Å². The number of alkyl halides is 3. The highest BCUT2D eigenvalue weighted by molar-refractivity contribution is 7.86. The van der Waals surface area contributed by atoms with Crippen LogP contribution in [0, 0.1) is 10.1 Å². The molecule has 198 valence electrons. The number of nitrogens with zero attached hydrogens (tertiary/aromatic N) is 1. The van der Waals surface area contributed by atoms with Crippen LogP contribution < -0.4 is 9.47 Å². The zero-order valence-electron chi connectivity index (χ0n) is 19.4. The number of benzene rings is 2. The van der Waals surface area contributed by atoms with E-state index in [1.807, 2.05) is 0 Å². The van der Waals surface area contributed by atoms with Crippen LogP contribution >= 0.6 is 0 Å². The van der Waals surface area contributed by atoms with Gasteiger partial charge in [-0.25, -0.2) is 0 Å². The first-order valence-corrected chi connectivity index (χ1v) is 12.1. The normalized spacial score (nSPS) is 16.2. The Morgan fingerprint density at radius 1 is 1.17 bits per heavy atom. The van der Waals surface area contributed by atoms with Crippen molar-refractivity contribution < 1.29 is 49.6 Å². The lowest BCUT2D eigenvalue weighted by Crippen LogP contribution is -2.21. The van der Waals surface area contributed by atoms with Crippen LogP contribution in [0.3, 0.4) is 0 Å². The van der Waals surface area contributed by atoms with Gasteiger partial charge in [-0.15, -0.1) is 0 Å². The molecule has 2 aromatic rings. The van der Waals surface area contributed by atoms with E-state index in [4.69, 9.17) is 23.1 Å². The Kier molecular flexibility index (Phi) is 8.76. The third-order valence-corrected chi connectivity index (χ3v) is 6.67. The number of fused-ring (bicyclic) bond motifs is 1. The predicted molar refractivity (Wildman–Crippen MR) is 119 cm³/mol. The average molecular weight is 535 g/mol. The lowest BCUT2D eigenvalue weighted by Gasteiger charge is -2.25. The molecule has 0 aromatic heterocycles. The Hall–Kier alpha value is -2.94. The molecule has 1 aliphatic heterocycles. The van der Waals surface area contributed by atoms with Gasteiger partial charge in [0.25, 0.3) is 15.8 Å². The van der Waals surface area contributed by atoms with E-state index in [1.54, 1.807) is 0 Å². The van der Waals surface area contributed by atoms with E-state index < -0.39 is 55.8 Å². The molecule has 0 radical (unpaired) electrons. The van der Waals surface area contributed by atoms with Gasteiger partial charge in [-0.2, -0.15) is 21.6 Å². The van der Waals surface area contributed by atoms with Crippen LogP contribution in [-0.2, 0) is 36.4 Å². The number of ether oxygens (including phenoxy) is 4. The maximum Gasteiger partial charge on any atom is 0.420 e. The van der Waals surface area contributed by atoms with E-state index in [-0.39, 0.29) is 31.1 Å². The van der Waals surface area contributed by atoms with Crippen LogP contribution in [0.25, 0.3) is 0 Å². The maximum absolute atomic E-state index is 14.1. The smallest absolute Gasteiger partial charge is 0.420 e. The van der Waals surface area contributed by atoms with Crippen molar-refractivity contribution >= 4 is 15.8 Å². The number of nitro benzene ring substituents is 1. The molecule has 14 heteroatoms. The molecule has 1 atom stereocenters. The molecule has 0 amide bonds. The number of rotatable bonds is 10. The number of nitro groups is 1. The number of hydrogen-bond donors (Lipinski definition) is 0. The van der Waals surface area contributed by atoms with E-state index in [0.29, 0.717) is 18.4 Å². The molecule has 1 unspecified atom stereocenters. The molecule has 10 nitrogen and oxygen atoms in total. The summed E-state index contributed by atoms with van der Waals surface area (Å²) in [5.41, 5.74) is -1.18. The second kappa shape index (κ2) is 11.4. The van der Waals surface area contributed by atoms with Crippen LogP contribution in [0.1, 0.15) is 29.2 Å². The first-order valence-electron chi connectivity index (χ1n) is 10.7. The molecule has 0 aliphatic carbocycles. The standard InChI is InChI=1S/C22H24F3NO9S/c1-31-17-11-14-5-4-8-34-18(19(14)20(21(17)32-2)22(23,24)25)13-33-9-10-35-36(29,30)16-7-3-6-15(12-16)26(27)28/h3,6-7,11-12,18H,4-5,8-10,13H2,1-2H3. The molecule has 0 spiro atoms. The number of non-ortho nitro benzene ring substituents is 1. The molecule has 1 aliphatic rings. The minimum absolute atomic E-state index is 0.0510. The van der Waals surface area contributed by atoms with E-state index in [0.717, 1.165) is 25.3 Å². The quantitative estimate of drug-likeness (QED) is 0.192. The van der Waals surface area contributed by atoms with Crippen molar-refractivity contribution in [2.75, 3.05) is 40.6 Å². The molecule has 36 heavy (non-hydrogen) atoms. The van der Waals surface area contributed by atoms with Gasteiger partial charge in [0.15, 0.2) is 11.5 Å². The number of aryl methyl sites for hydroxylation is 1. The van der Waals surface area contributed by atoms with Crippen molar-refractivity contribution in [3.8, 4) is 11.5 Å². The average Bonchev–Trinajstić information content (AvgIpc) is 3.03. The number of halogens is 3. The maximum atomic E-state index is 14.1. The van der Waals surface area contributed by atoms with Crippen LogP contribution in [0.5, 0.6) is 11.5 Å². The fourth-order valence-electron chi connectivity index (χ4n) is 3.83. The summed E-state index contributed by atoms with van der Waals surface area (Å²) in [6.07, 6.45) is -5.08. The molecule has 0 saturated heterocycles. The summed E-state index contributed by atoms with van der Waals surface area (Å²) in [6, 6.07) is 5.81. The minimum atomic E-state index is -4.77. The topological polar surface area (TPSA) is 123 Å². The summed E-state index contributed by atoms with van der Waals surface area (Å²) in [5, 5.41) is 10.9. The first kappa shape index (κ1) is 27.6. The predicted octanol–water partition coefficient (Wildman–Crippen LogP) is 4.06. The first-order chi connectivity index (χ1) is 17.0. The van der Waals surface area contributed by atoms with Crippen LogP contribution in [0.4, 0.5) is 18.9 Å². The zero-order chi connectivity index (χ0) is 26.5. The van der Waals surface area contributed by atoms with Crippen LogP contribution in [0.15, 0.2) is 35.2 Å². The van der Waals surface area contributed by atoms with Gasteiger partial charge < -0.3 is 18.9 Å². The van der Waals surface area contributed by atoms with Gasteiger partial charge in [0, 0.05) is 24.3 Å². The van der Waals surface area contributed by atoms with E-state index in [2.05, 4.69) is 0 Å². The molecule has 2 aromatic carbocycles. The van der Waals surface area contributed by atoms with Gasteiger partial charge in [-0.1, -0.05) is 6.07 Å². The summed E-state index contributed by atoms with van der Waals surface area (Å²) in [6.45, 7) is -0.894. The Bertz CT molecular complexity index is 1200. The summed E-state index contributed by atoms with van der Waals surface area (Å²) < 4.78 is 92.9. The monoisotopic (exact) mass is 535 g/mol. The highest BCUT2D eigenvalue weighted by Gasteiger charge is 2.42. The van der Waals surface area contributed by atoms with Gasteiger partial charge in [0.1, 0.15) is 16.6 Å². The Morgan fingerprint density at radius 3 is 2.56 bits per heavy atom. The van der Waals surface area contributed by atoms with Crippen molar-refractivity contribution in [1.82, 2.24) is 0 Å². The summed E-state index contributed by atoms with van der Waals surface area (Å²) in [4.78, 5) is 9.70. The van der Waals surface area contributed by atoms with Crippen molar-refractivity contribution in [2.24, 2.45) is 0 Å². The Balaban J connectivity index is 1.73. The van der Waals surface area contributed by atoms with E-state index in [9.17, 15) is 31.7 Å². The van der Waals surface area contributed by atoms with Crippen molar-refractivity contribution in [1.29, 1.82) is 0 Å². The van der Waals surface area contributed by atoms with Gasteiger partial charge >= 0.3 is 6.18 Å². The number of hydrogen-bond acceptors (Lipinski definition) is 9. The highest BCUT2D eigenvalue weighted by atomic mass is 32.2. The molecule has 1 heterocycles. The molecule has 0 fully saturated rings. The minimum Gasteiger partial charge on any atom is -0.493 e. The second-order valence-electron chi connectivity index (χ2n) is 7.63. The van der Waals surface area contributed by atoms with Gasteiger partial charge in [-0.05, 0) is 30.5 Å². The SMILES string of the molecule is COc1cc2c(c(C(F)(F)F)c1OC)C(COCCOS(=O)(=O)c1cccc([N+](=O)[O-])c1)OCCC2. The fourth-order valence-corrected chi connectivity index (χ4v) is 4.77. The summed E-state index contributed by atoms with van der Waals surface area (Å²) >= 11 is 0. The molecule has 0 saturated carbocycles.